The minimum absolute atomic E-state index is 0.134. The predicted octanol–water partition coefficient (Wildman–Crippen LogP) is 4.21. The van der Waals surface area contributed by atoms with Crippen LogP contribution in [-0.2, 0) is 26.7 Å². The molecule has 0 spiro atoms. The average molecular weight is 539 g/mol. The maximum atomic E-state index is 15.7. The SMILES string of the molecule is C=C[C@H]1CC[C@H](c2ccccc2)S(=O)(=O)N1Cc1ccc(C2(C(=O)n3nccc3N)CCOCC2)cc1F. The van der Waals surface area contributed by atoms with Gasteiger partial charge < -0.3 is 10.5 Å². The van der Waals surface area contributed by atoms with Crippen LogP contribution in [0.1, 0.15) is 52.4 Å². The van der Waals surface area contributed by atoms with E-state index in [-0.39, 0.29) is 23.8 Å². The molecule has 2 N–H and O–H groups in total. The molecule has 2 fully saturated rings. The third-order valence-corrected chi connectivity index (χ3v) is 10.1. The van der Waals surface area contributed by atoms with E-state index in [1.165, 1.54) is 22.6 Å². The Labute approximate surface area is 221 Å². The smallest absolute Gasteiger partial charge is 0.259 e. The summed E-state index contributed by atoms with van der Waals surface area (Å²) in [5.74, 6) is -0.711. The van der Waals surface area contributed by atoms with Gasteiger partial charge in [-0.2, -0.15) is 14.1 Å². The lowest BCUT2D eigenvalue weighted by Gasteiger charge is -2.38. The summed E-state index contributed by atoms with van der Waals surface area (Å²) in [5.41, 5.74) is 6.33. The second kappa shape index (κ2) is 10.4. The van der Waals surface area contributed by atoms with E-state index >= 15 is 4.39 Å². The predicted molar refractivity (Wildman–Crippen MR) is 142 cm³/mol. The summed E-state index contributed by atoms with van der Waals surface area (Å²) >= 11 is 0. The Morgan fingerprint density at radius 2 is 1.89 bits per heavy atom. The van der Waals surface area contributed by atoms with Crippen LogP contribution in [0.4, 0.5) is 10.2 Å². The van der Waals surface area contributed by atoms with Crippen LogP contribution in [0.25, 0.3) is 0 Å². The van der Waals surface area contributed by atoms with Gasteiger partial charge in [0.2, 0.25) is 10.0 Å². The Hall–Kier alpha value is -3.34. The van der Waals surface area contributed by atoms with Gasteiger partial charge in [-0.3, -0.25) is 4.79 Å². The Morgan fingerprint density at radius 1 is 1.16 bits per heavy atom. The molecule has 2 atom stereocenters. The molecule has 0 radical (unpaired) electrons. The van der Waals surface area contributed by atoms with Gasteiger partial charge in [0.15, 0.2) is 0 Å². The van der Waals surface area contributed by atoms with Crippen molar-refractivity contribution in [3.05, 3.63) is 96.0 Å². The maximum Gasteiger partial charge on any atom is 0.259 e. The van der Waals surface area contributed by atoms with Crippen molar-refractivity contribution >= 4 is 21.7 Å². The molecule has 2 aliphatic rings. The zero-order chi connectivity index (χ0) is 26.9. The van der Waals surface area contributed by atoms with Crippen LogP contribution in [0, 0.1) is 5.82 Å². The molecule has 2 saturated heterocycles. The molecule has 10 heteroatoms. The number of ether oxygens (including phenoxy) is 1. The van der Waals surface area contributed by atoms with Crippen LogP contribution in [0.15, 0.2) is 73.4 Å². The molecular weight excluding hydrogens is 507 g/mol. The Kier molecular flexibility index (Phi) is 7.21. The minimum Gasteiger partial charge on any atom is -0.383 e. The number of sulfonamides is 1. The Bertz CT molecular complexity index is 1430. The summed E-state index contributed by atoms with van der Waals surface area (Å²) in [6.07, 6.45) is 4.80. The summed E-state index contributed by atoms with van der Waals surface area (Å²) in [6, 6.07) is 14.8. The Morgan fingerprint density at radius 3 is 2.53 bits per heavy atom. The van der Waals surface area contributed by atoms with Crippen LogP contribution < -0.4 is 5.73 Å². The van der Waals surface area contributed by atoms with Gasteiger partial charge in [0, 0.05) is 37.4 Å². The van der Waals surface area contributed by atoms with E-state index in [0.29, 0.717) is 50.0 Å². The monoisotopic (exact) mass is 538 g/mol. The standard InChI is InChI=1S/C28H31FN4O4S/c1-2-23-10-11-25(20-6-4-3-5-7-20)38(35,36)32(23)19-21-8-9-22(18-24(21)29)28(13-16-37-17-14-28)27(34)33-26(30)12-15-31-33/h2-9,12,15,18,23,25H,1,10-11,13-14,16-17,19,30H2/t23-,25+/m0/s1. The number of hydrogen-bond donors (Lipinski definition) is 1. The molecule has 0 unspecified atom stereocenters. The molecule has 200 valence electrons. The fraction of sp³-hybridized carbons (Fsp3) is 0.357. The molecule has 2 aliphatic heterocycles. The van der Waals surface area contributed by atoms with Crippen LogP contribution >= 0.6 is 0 Å². The highest BCUT2D eigenvalue weighted by Gasteiger charge is 2.45. The molecule has 0 bridgehead atoms. The molecule has 3 heterocycles. The number of benzene rings is 2. The van der Waals surface area contributed by atoms with E-state index in [2.05, 4.69) is 11.7 Å². The molecule has 2 aromatic carbocycles. The van der Waals surface area contributed by atoms with Crippen molar-refractivity contribution in [2.75, 3.05) is 18.9 Å². The van der Waals surface area contributed by atoms with Gasteiger partial charge in [-0.05, 0) is 42.9 Å². The summed E-state index contributed by atoms with van der Waals surface area (Å²) in [7, 11) is -3.78. The number of carbonyl (C=O) groups excluding carboxylic acids is 1. The van der Waals surface area contributed by atoms with Gasteiger partial charge in [0.25, 0.3) is 5.91 Å². The zero-order valence-corrected chi connectivity index (χ0v) is 21.8. The topological polar surface area (TPSA) is 108 Å². The lowest BCUT2D eigenvalue weighted by atomic mass is 9.73. The van der Waals surface area contributed by atoms with Crippen LogP contribution in [0.3, 0.4) is 0 Å². The van der Waals surface area contributed by atoms with E-state index in [1.54, 1.807) is 30.3 Å². The van der Waals surface area contributed by atoms with Crippen LogP contribution in [0.2, 0.25) is 0 Å². The summed E-state index contributed by atoms with van der Waals surface area (Å²) in [6.45, 7) is 4.37. The van der Waals surface area contributed by atoms with Gasteiger partial charge >= 0.3 is 0 Å². The third-order valence-electron chi connectivity index (χ3n) is 7.78. The molecule has 0 amide bonds. The van der Waals surface area contributed by atoms with Crippen molar-refractivity contribution in [2.45, 2.75) is 48.9 Å². The van der Waals surface area contributed by atoms with E-state index in [9.17, 15) is 13.2 Å². The molecule has 8 nitrogen and oxygen atoms in total. The Balaban J connectivity index is 1.48. The van der Waals surface area contributed by atoms with E-state index < -0.39 is 32.5 Å². The van der Waals surface area contributed by atoms with Gasteiger partial charge in [-0.1, -0.05) is 48.5 Å². The first-order chi connectivity index (χ1) is 18.3. The van der Waals surface area contributed by atoms with Gasteiger partial charge in [0.05, 0.1) is 11.6 Å². The molecule has 38 heavy (non-hydrogen) atoms. The first-order valence-corrected chi connectivity index (χ1v) is 14.2. The van der Waals surface area contributed by atoms with Gasteiger partial charge in [-0.25, -0.2) is 12.8 Å². The van der Waals surface area contributed by atoms with Crippen LogP contribution in [0.5, 0.6) is 0 Å². The number of halogens is 1. The number of nitrogens with zero attached hydrogens (tertiary/aromatic N) is 3. The van der Waals surface area contributed by atoms with E-state index in [0.717, 1.165) is 4.68 Å². The number of nitrogens with two attached hydrogens (primary N) is 1. The van der Waals surface area contributed by atoms with Crippen molar-refractivity contribution in [1.82, 2.24) is 14.1 Å². The minimum atomic E-state index is -3.78. The molecular formula is C28H31FN4O4S. The van der Waals surface area contributed by atoms with E-state index in [1.807, 2.05) is 18.2 Å². The van der Waals surface area contributed by atoms with Gasteiger partial charge in [-0.15, -0.1) is 6.58 Å². The van der Waals surface area contributed by atoms with Crippen molar-refractivity contribution in [3.63, 3.8) is 0 Å². The number of aromatic nitrogens is 2. The molecule has 5 rings (SSSR count). The largest absolute Gasteiger partial charge is 0.383 e. The quantitative estimate of drug-likeness (QED) is 0.471. The highest BCUT2D eigenvalue weighted by atomic mass is 32.2. The van der Waals surface area contributed by atoms with Crippen molar-refractivity contribution in [2.24, 2.45) is 0 Å². The third kappa shape index (κ3) is 4.57. The zero-order valence-electron chi connectivity index (χ0n) is 21.0. The number of hydrogen-bond acceptors (Lipinski definition) is 6. The van der Waals surface area contributed by atoms with E-state index in [4.69, 9.17) is 10.5 Å². The fourth-order valence-corrected chi connectivity index (χ4v) is 7.74. The molecule has 3 aromatic rings. The first-order valence-electron chi connectivity index (χ1n) is 12.7. The molecule has 0 saturated carbocycles. The first kappa shape index (κ1) is 26.3. The number of anilines is 1. The molecule has 1 aromatic heterocycles. The number of rotatable bonds is 6. The van der Waals surface area contributed by atoms with Crippen molar-refractivity contribution in [1.29, 1.82) is 0 Å². The summed E-state index contributed by atoms with van der Waals surface area (Å²) in [5, 5.41) is 3.37. The average Bonchev–Trinajstić information content (AvgIpc) is 3.36. The lowest BCUT2D eigenvalue weighted by molar-refractivity contribution is 0.0356. The fourth-order valence-electron chi connectivity index (χ4n) is 5.59. The number of nitrogen functional groups attached to an aromatic ring is 1. The van der Waals surface area contributed by atoms with Crippen molar-refractivity contribution in [3.8, 4) is 0 Å². The molecule has 0 aliphatic carbocycles. The highest BCUT2D eigenvalue weighted by Crippen LogP contribution is 2.40. The second-order valence-corrected chi connectivity index (χ2v) is 11.9. The lowest BCUT2D eigenvalue weighted by Crippen LogP contribution is -2.46. The normalized spacial score (nSPS) is 23.1. The van der Waals surface area contributed by atoms with Crippen LogP contribution in [-0.4, -0.2) is 47.7 Å². The summed E-state index contributed by atoms with van der Waals surface area (Å²) < 4.78 is 51.1. The van der Waals surface area contributed by atoms with Crippen molar-refractivity contribution < 1.29 is 22.3 Å². The highest BCUT2D eigenvalue weighted by molar-refractivity contribution is 7.89. The number of carbonyl (C=O) groups is 1. The van der Waals surface area contributed by atoms with Gasteiger partial charge in [0.1, 0.15) is 16.9 Å². The maximum absolute atomic E-state index is 15.7. The summed E-state index contributed by atoms with van der Waals surface area (Å²) in [4.78, 5) is 13.6. The second-order valence-electron chi connectivity index (χ2n) is 9.84.